The lowest BCUT2D eigenvalue weighted by molar-refractivity contribution is 0.346. The maximum Gasteiger partial charge on any atom is 0.200 e. The Kier molecular flexibility index (Phi) is 8.86. The van der Waals surface area contributed by atoms with Gasteiger partial charge in [0.15, 0.2) is 69.5 Å². The molecule has 45 heavy (non-hydrogen) atoms. The van der Waals surface area contributed by atoms with Crippen molar-refractivity contribution in [1.82, 2.24) is 0 Å². The summed E-state index contributed by atoms with van der Waals surface area (Å²) in [7, 11) is 2.59. The van der Waals surface area contributed by atoms with Gasteiger partial charge in [0, 0.05) is 0 Å². The number of benzene rings is 4. The van der Waals surface area contributed by atoms with Crippen LogP contribution in [-0.4, -0.2) is 34.6 Å². The molecule has 0 fully saturated rings. The molecule has 0 spiro atoms. The van der Waals surface area contributed by atoms with Gasteiger partial charge in [0.1, 0.15) is 29.4 Å². The summed E-state index contributed by atoms with van der Waals surface area (Å²) in [6.45, 7) is 0. The fourth-order valence-corrected chi connectivity index (χ4v) is 5.40. The van der Waals surface area contributed by atoms with Crippen molar-refractivity contribution >= 4 is 28.0 Å². The predicted molar refractivity (Wildman–Crippen MR) is 136 cm³/mol. The van der Waals surface area contributed by atoms with E-state index in [-0.39, 0.29) is 24.3 Å². The molecule has 0 aromatic heterocycles. The summed E-state index contributed by atoms with van der Waals surface area (Å²) in [5.74, 6) is -32.5. The van der Waals surface area contributed by atoms with Crippen LogP contribution in [0.15, 0.2) is 24.3 Å². The van der Waals surface area contributed by atoms with E-state index in [0.29, 0.717) is 28.4 Å². The minimum atomic E-state index is -5.20. The van der Waals surface area contributed by atoms with Crippen LogP contribution in [0.3, 0.4) is 0 Å². The molecule has 0 bridgehead atoms. The van der Waals surface area contributed by atoms with Gasteiger partial charge < -0.3 is 18.9 Å². The van der Waals surface area contributed by atoms with Crippen LogP contribution < -0.4 is 40.8 Å². The van der Waals surface area contributed by atoms with E-state index in [1.807, 2.05) is 0 Å². The van der Waals surface area contributed by atoms with E-state index in [0.717, 1.165) is 0 Å². The molecule has 0 saturated heterocycles. The molecule has 0 unspecified atom stereocenters. The van der Waals surface area contributed by atoms with E-state index in [2.05, 4.69) is 18.9 Å². The third kappa shape index (κ3) is 4.75. The number of hydrogen-bond acceptors (Lipinski definition) is 4. The minimum absolute atomic E-state index is 0.129. The van der Waals surface area contributed by atoms with Crippen molar-refractivity contribution in [2.45, 2.75) is 0 Å². The summed E-state index contributed by atoms with van der Waals surface area (Å²) >= 11 is 0. The largest absolute Gasteiger partial charge is 0.491 e. The van der Waals surface area contributed by atoms with E-state index in [9.17, 15) is 0 Å². The Morgan fingerprint density at radius 3 is 0.667 bits per heavy atom. The Balaban J connectivity index is 2.50. The fourth-order valence-electron chi connectivity index (χ4n) is 5.40. The first kappa shape index (κ1) is 33.2. The molecular formula is C28H16BF12O4-. The molecule has 0 aliphatic carbocycles. The average molecular weight is 655 g/mol. The number of rotatable bonds is 8. The zero-order valence-electron chi connectivity index (χ0n) is 23.1. The van der Waals surface area contributed by atoms with E-state index < -0.39 is 121 Å². The van der Waals surface area contributed by atoms with Gasteiger partial charge in [-0.3, -0.25) is 0 Å². The highest BCUT2D eigenvalue weighted by Crippen LogP contribution is 2.32. The van der Waals surface area contributed by atoms with Crippen LogP contribution in [0.25, 0.3) is 0 Å². The molecule has 0 N–H and O–H groups in total. The lowest BCUT2D eigenvalue weighted by Crippen LogP contribution is -2.78. The van der Waals surface area contributed by atoms with Crippen molar-refractivity contribution < 1.29 is 71.6 Å². The predicted octanol–water partition coefficient (Wildman–Crippen LogP) is 4.77. The first-order valence-electron chi connectivity index (χ1n) is 12.2. The number of methoxy groups -OCH3 is 4. The van der Waals surface area contributed by atoms with Gasteiger partial charge in [0.05, 0.1) is 28.4 Å². The molecule has 240 valence electrons. The minimum Gasteiger partial charge on any atom is -0.491 e. The molecule has 17 heteroatoms. The molecule has 0 aliphatic rings. The summed E-state index contributed by atoms with van der Waals surface area (Å²) in [6, 6.07) is -0.517. The van der Waals surface area contributed by atoms with Crippen molar-refractivity contribution in [3.63, 3.8) is 0 Å². The summed E-state index contributed by atoms with van der Waals surface area (Å²) < 4.78 is 203. The average Bonchev–Trinajstić information content (AvgIpc) is 2.99. The van der Waals surface area contributed by atoms with Crippen LogP contribution in [0.4, 0.5) is 52.7 Å². The Morgan fingerprint density at radius 2 is 0.511 bits per heavy atom. The quantitative estimate of drug-likeness (QED) is 0.156. The molecule has 0 atom stereocenters. The van der Waals surface area contributed by atoms with Gasteiger partial charge in [0.25, 0.3) is 0 Å². The van der Waals surface area contributed by atoms with Crippen molar-refractivity contribution in [3.8, 4) is 23.0 Å². The summed E-state index contributed by atoms with van der Waals surface area (Å²) in [5, 5.41) is 0. The molecule has 0 saturated carbocycles. The molecule has 0 amide bonds. The van der Waals surface area contributed by atoms with E-state index in [1.54, 1.807) is 0 Å². The molecule has 0 aliphatic heterocycles. The number of hydrogen-bond donors (Lipinski definition) is 0. The van der Waals surface area contributed by atoms with Crippen LogP contribution in [0.2, 0.25) is 0 Å². The monoisotopic (exact) mass is 655 g/mol. The first-order valence-corrected chi connectivity index (χ1v) is 12.2. The Labute approximate surface area is 245 Å². The van der Waals surface area contributed by atoms with Gasteiger partial charge in [0.2, 0.25) is 0 Å². The Bertz CT molecular complexity index is 1580. The third-order valence-electron chi connectivity index (χ3n) is 7.26. The standard InChI is InChI=1S/C28H16BF12O4/c1-42-25-13(30)5-9(17(34)21(25)38)29(10-6-14(31)26(43-2)22(39)18(10)35,11-7-15(32)27(44-3)23(40)19(11)36)12-8-16(33)28(45-4)24(41)20(12)37/h5-8H,1-4H3/q-1. The maximum absolute atomic E-state index is 16.0. The van der Waals surface area contributed by atoms with Gasteiger partial charge in [-0.2, -0.15) is 39.4 Å². The Morgan fingerprint density at radius 1 is 0.333 bits per heavy atom. The topological polar surface area (TPSA) is 36.9 Å². The second-order valence-electron chi connectivity index (χ2n) is 9.30. The van der Waals surface area contributed by atoms with Crippen LogP contribution in [0.5, 0.6) is 23.0 Å². The van der Waals surface area contributed by atoms with E-state index in [4.69, 9.17) is 0 Å². The lowest BCUT2D eigenvalue weighted by atomic mass is 9.12. The number of halogens is 12. The normalized spacial score (nSPS) is 11.6. The molecule has 0 radical (unpaired) electrons. The van der Waals surface area contributed by atoms with Crippen LogP contribution in [0.1, 0.15) is 0 Å². The van der Waals surface area contributed by atoms with Crippen LogP contribution in [-0.2, 0) is 0 Å². The zero-order chi connectivity index (χ0) is 33.7. The second-order valence-corrected chi connectivity index (χ2v) is 9.30. The molecule has 4 aromatic rings. The summed E-state index contributed by atoms with van der Waals surface area (Å²) in [6.07, 6.45) is -5.20. The van der Waals surface area contributed by atoms with Crippen molar-refractivity contribution in [3.05, 3.63) is 94.1 Å². The first-order chi connectivity index (χ1) is 21.1. The molecule has 4 aromatic carbocycles. The lowest BCUT2D eigenvalue weighted by Gasteiger charge is -2.44. The smallest absolute Gasteiger partial charge is 0.200 e. The van der Waals surface area contributed by atoms with Crippen molar-refractivity contribution in [1.29, 1.82) is 0 Å². The molecule has 0 heterocycles. The highest BCUT2D eigenvalue weighted by Gasteiger charge is 2.45. The molecule has 4 rings (SSSR count). The van der Waals surface area contributed by atoms with Gasteiger partial charge in [-0.15, -0.1) is 0 Å². The van der Waals surface area contributed by atoms with E-state index in [1.165, 1.54) is 0 Å². The highest BCUT2D eigenvalue weighted by atomic mass is 19.2. The highest BCUT2D eigenvalue weighted by molar-refractivity contribution is 7.20. The third-order valence-corrected chi connectivity index (χ3v) is 7.26. The van der Waals surface area contributed by atoms with Gasteiger partial charge >= 0.3 is 0 Å². The summed E-state index contributed by atoms with van der Waals surface area (Å²) in [5.41, 5.74) is -7.34. The van der Waals surface area contributed by atoms with Crippen molar-refractivity contribution in [2.24, 2.45) is 0 Å². The SMILES string of the molecule is COc1c(F)cc([B-](c2cc(F)c(OC)c(F)c2F)(c2cc(F)c(OC)c(F)c2F)c2cc(F)c(OC)c(F)c2F)c(F)c1F. The van der Waals surface area contributed by atoms with Gasteiger partial charge in [-0.25, -0.2) is 35.1 Å². The zero-order valence-corrected chi connectivity index (χ0v) is 23.1. The number of ether oxygens (including phenoxy) is 4. The van der Waals surface area contributed by atoms with Gasteiger partial charge in [-0.05, 0) is 0 Å². The van der Waals surface area contributed by atoms with Crippen LogP contribution in [0, 0.1) is 69.8 Å². The fraction of sp³-hybridized carbons (Fsp3) is 0.143. The molecular weight excluding hydrogens is 639 g/mol. The van der Waals surface area contributed by atoms with Crippen molar-refractivity contribution in [2.75, 3.05) is 28.4 Å². The van der Waals surface area contributed by atoms with E-state index >= 15 is 52.7 Å². The summed E-state index contributed by atoms with van der Waals surface area (Å²) in [4.78, 5) is 0. The van der Waals surface area contributed by atoms with Crippen LogP contribution >= 0.6 is 0 Å². The Hall–Kier alpha value is -4.70. The molecule has 4 nitrogen and oxygen atoms in total. The second kappa shape index (κ2) is 12.0. The van der Waals surface area contributed by atoms with Gasteiger partial charge in [-0.1, -0.05) is 24.3 Å². The maximum atomic E-state index is 16.0.